The monoisotopic (exact) mass is 220 g/mol. The summed E-state index contributed by atoms with van der Waals surface area (Å²) in [6.45, 7) is 3.79. The Labute approximate surface area is 92.3 Å². The summed E-state index contributed by atoms with van der Waals surface area (Å²) in [5, 5.41) is 13.5. The summed E-state index contributed by atoms with van der Waals surface area (Å²) >= 11 is 0. The van der Waals surface area contributed by atoms with Crippen LogP contribution in [0, 0.1) is 6.92 Å². The van der Waals surface area contributed by atoms with Crippen molar-refractivity contribution in [3.63, 3.8) is 0 Å². The van der Waals surface area contributed by atoms with Crippen LogP contribution >= 0.6 is 0 Å². The molecule has 0 aliphatic carbocycles. The van der Waals surface area contributed by atoms with E-state index in [1.54, 1.807) is 24.6 Å². The molecular formula is C11H12N2O3. The molecule has 2 aromatic rings. The smallest absolute Gasteiger partial charge is 0.342 e. The fourth-order valence-electron chi connectivity index (χ4n) is 1.61. The minimum atomic E-state index is -0.416. The van der Waals surface area contributed by atoms with Gasteiger partial charge in [0.2, 0.25) is 0 Å². The summed E-state index contributed by atoms with van der Waals surface area (Å²) in [7, 11) is 0. The van der Waals surface area contributed by atoms with E-state index in [-0.39, 0.29) is 5.75 Å². The van der Waals surface area contributed by atoms with Crippen molar-refractivity contribution >= 4 is 11.5 Å². The Kier molecular flexibility index (Phi) is 2.52. The van der Waals surface area contributed by atoms with Crippen LogP contribution in [0.4, 0.5) is 0 Å². The van der Waals surface area contributed by atoms with Gasteiger partial charge in [0.05, 0.1) is 17.8 Å². The maximum Gasteiger partial charge on any atom is 0.342 e. The molecule has 0 fully saturated rings. The zero-order valence-electron chi connectivity index (χ0n) is 9.10. The maximum atomic E-state index is 11.7. The first-order chi connectivity index (χ1) is 7.63. The van der Waals surface area contributed by atoms with Crippen molar-refractivity contribution in [1.82, 2.24) is 9.61 Å². The minimum absolute atomic E-state index is 0.0953. The molecule has 1 N–H and O–H groups in total. The van der Waals surface area contributed by atoms with Crippen LogP contribution in [-0.4, -0.2) is 27.3 Å². The molecular weight excluding hydrogens is 208 g/mol. The third kappa shape index (κ3) is 1.60. The zero-order chi connectivity index (χ0) is 11.7. The highest BCUT2D eigenvalue weighted by Gasteiger charge is 2.18. The third-order valence-corrected chi connectivity index (χ3v) is 2.27. The number of fused-ring (bicyclic) bond motifs is 1. The van der Waals surface area contributed by atoms with Gasteiger partial charge in [-0.1, -0.05) is 0 Å². The van der Waals surface area contributed by atoms with Gasteiger partial charge in [0.25, 0.3) is 0 Å². The highest BCUT2D eigenvalue weighted by Crippen LogP contribution is 2.20. The van der Waals surface area contributed by atoms with Gasteiger partial charge >= 0.3 is 5.97 Å². The highest BCUT2D eigenvalue weighted by atomic mass is 16.5. The fraction of sp³-hybridized carbons (Fsp3) is 0.273. The number of nitrogens with zero attached hydrogens (tertiary/aromatic N) is 2. The molecule has 0 bridgehead atoms. The van der Waals surface area contributed by atoms with Gasteiger partial charge in [-0.05, 0) is 19.9 Å². The molecule has 0 saturated carbocycles. The molecule has 0 unspecified atom stereocenters. The number of aryl methyl sites for hydroxylation is 1. The average Bonchev–Trinajstić information content (AvgIpc) is 2.53. The minimum Gasteiger partial charge on any atom is -0.508 e. The van der Waals surface area contributed by atoms with Crippen LogP contribution in [0.1, 0.15) is 23.0 Å². The average molecular weight is 220 g/mol. The van der Waals surface area contributed by atoms with Crippen molar-refractivity contribution in [2.24, 2.45) is 0 Å². The number of pyridine rings is 1. The Balaban J connectivity index is 2.62. The van der Waals surface area contributed by atoms with Crippen molar-refractivity contribution in [3.8, 4) is 5.75 Å². The molecule has 2 heterocycles. The van der Waals surface area contributed by atoms with Gasteiger partial charge in [-0.15, -0.1) is 0 Å². The first kappa shape index (κ1) is 10.5. The number of carbonyl (C=O) groups excluding carboxylic acids is 1. The van der Waals surface area contributed by atoms with Crippen molar-refractivity contribution in [1.29, 1.82) is 0 Å². The van der Waals surface area contributed by atoms with Crippen LogP contribution in [-0.2, 0) is 4.74 Å². The van der Waals surface area contributed by atoms with Crippen LogP contribution in [0.3, 0.4) is 0 Å². The van der Waals surface area contributed by atoms with Gasteiger partial charge in [-0.2, -0.15) is 5.10 Å². The topological polar surface area (TPSA) is 63.8 Å². The Hall–Kier alpha value is -2.04. The third-order valence-electron chi connectivity index (χ3n) is 2.27. The molecule has 0 spiro atoms. The van der Waals surface area contributed by atoms with Crippen LogP contribution in [0.5, 0.6) is 5.75 Å². The van der Waals surface area contributed by atoms with E-state index in [4.69, 9.17) is 4.74 Å². The quantitative estimate of drug-likeness (QED) is 0.779. The second-order valence-electron chi connectivity index (χ2n) is 3.40. The predicted octanol–water partition coefficient (Wildman–Crippen LogP) is 1.53. The summed E-state index contributed by atoms with van der Waals surface area (Å²) in [5.74, 6) is -0.321. The number of rotatable bonds is 2. The fourth-order valence-corrected chi connectivity index (χ4v) is 1.61. The predicted molar refractivity (Wildman–Crippen MR) is 57.6 cm³/mol. The lowest BCUT2D eigenvalue weighted by Gasteiger charge is -2.00. The normalized spacial score (nSPS) is 10.6. The lowest BCUT2D eigenvalue weighted by Crippen LogP contribution is -2.05. The van der Waals surface area contributed by atoms with Crippen LogP contribution in [0.15, 0.2) is 18.3 Å². The van der Waals surface area contributed by atoms with E-state index < -0.39 is 5.97 Å². The lowest BCUT2D eigenvalue weighted by atomic mass is 10.2. The molecule has 5 heteroatoms. The van der Waals surface area contributed by atoms with Crippen molar-refractivity contribution in [2.45, 2.75) is 13.8 Å². The number of esters is 1. The number of ether oxygens (including phenoxy) is 1. The van der Waals surface area contributed by atoms with E-state index in [1.165, 1.54) is 12.1 Å². The van der Waals surface area contributed by atoms with E-state index in [0.717, 1.165) is 0 Å². The van der Waals surface area contributed by atoms with Gasteiger partial charge in [0, 0.05) is 12.3 Å². The van der Waals surface area contributed by atoms with Gasteiger partial charge < -0.3 is 9.84 Å². The maximum absolute atomic E-state index is 11.7. The number of aromatic nitrogens is 2. The molecule has 2 aromatic heterocycles. The Bertz CT molecular complexity index is 545. The molecule has 2 rings (SSSR count). The zero-order valence-corrected chi connectivity index (χ0v) is 9.10. The Morgan fingerprint density at radius 2 is 2.38 bits per heavy atom. The summed E-state index contributed by atoms with van der Waals surface area (Å²) in [6, 6.07) is 3.00. The summed E-state index contributed by atoms with van der Waals surface area (Å²) in [4.78, 5) is 11.7. The van der Waals surface area contributed by atoms with E-state index in [9.17, 15) is 9.90 Å². The number of carbonyl (C=O) groups is 1. The van der Waals surface area contributed by atoms with E-state index in [0.29, 0.717) is 23.4 Å². The first-order valence-electron chi connectivity index (χ1n) is 4.98. The van der Waals surface area contributed by atoms with Gasteiger partial charge in [-0.3, -0.25) is 0 Å². The molecule has 0 radical (unpaired) electrons. The van der Waals surface area contributed by atoms with E-state index in [2.05, 4.69) is 5.10 Å². The second kappa shape index (κ2) is 3.84. The summed E-state index contributed by atoms with van der Waals surface area (Å²) in [6.07, 6.45) is 1.60. The molecule has 0 aliphatic heterocycles. The SMILES string of the molecule is CCOC(=O)c1c(C)nn2ccc(O)cc12. The number of hydrogen-bond donors (Lipinski definition) is 1. The standard InChI is InChI=1S/C11H12N2O3/c1-3-16-11(15)10-7(2)12-13-5-4-8(14)6-9(10)13/h4-6,14H,3H2,1-2H3. The molecule has 0 aromatic carbocycles. The molecule has 0 amide bonds. The first-order valence-corrected chi connectivity index (χ1v) is 4.98. The van der Waals surface area contributed by atoms with Gasteiger partial charge in [0.15, 0.2) is 0 Å². The van der Waals surface area contributed by atoms with Crippen molar-refractivity contribution in [3.05, 3.63) is 29.6 Å². The lowest BCUT2D eigenvalue weighted by molar-refractivity contribution is 0.0528. The molecule has 0 saturated heterocycles. The van der Waals surface area contributed by atoms with Gasteiger partial charge in [0.1, 0.15) is 11.3 Å². The molecule has 0 atom stereocenters. The Morgan fingerprint density at radius 3 is 3.06 bits per heavy atom. The number of aromatic hydroxyl groups is 1. The summed E-state index contributed by atoms with van der Waals surface area (Å²) < 4.78 is 6.48. The largest absolute Gasteiger partial charge is 0.508 e. The van der Waals surface area contributed by atoms with E-state index in [1.807, 2.05) is 0 Å². The molecule has 84 valence electrons. The van der Waals surface area contributed by atoms with Crippen molar-refractivity contribution < 1.29 is 14.6 Å². The van der Waals surface area contributed by atoms with Crippen molar-refractivity contribution in [2.75, 3.05) is 6.61 Å². The molecule has 5 nitrogen and oxygen atoms in total. The summed E-state index contributed by atoms with van der Waals surface area (Å²) in [5.41, 5.74) is 1.54. The van der Waals surface area contributed by atoms with Crippen LogP contribution in [0.2, 0.25) is 0 Å². The Morgan fingerprint density at radius 1 is 1.62 bits per heavy atom. The van der Waals surface area contributed by atoms with E-state index >= 15 is 0 Å². The highest BCUT2D eigenvalue weighted by molar-refractivity contribution is 5.98. The molecule has 0 aliphatic rings. The molecule has 16 heavy (non-hydrogen) atoms. The van der Waals surface area contributed by atoms with Gasteiger partial charge in [-0.25, -0.2) is 9.31 Å². The van der Waals surface area contributed by atoms with Crippen LogP contribution < -0.4 is 0 Å². The second-order valence-corrected chi connectivity index (χ2v) is 3.40. The van der Waals surface area contributed by atoms with Crippen LogP contribution in [0.25, 0.3) is 5.52 Å². The number of hydrogen-bond acceptors (Lipinski definition) is 4.